The topological polar surface area (TPSA) is 29.5 Å². The van der Waals surface area contributed by atoms with Gasteiger partial charge in [0.15, 0.2) is 0 Å². The van der Waals surface area contributed by atoms with Crippen LogP contribution in [0.2, 0.25) is 0 Å². The van der Waals surface area contributed by atoms with Crippen LogP contribution in [0.15, 0.2) is 18.2 Å². The van der Waals surface area contributed by atoms with Crippen molar-refractivity contribution in [1.29, 1.82) is 0 Å². The van der Waals surface area contributed by atoms with Crippen LogP contribution in [-0.4, -0.2) is 18.8 Å². The maximum Gasteiger partial charge on any atom is 0.125 e. The van der Waals surface area contributed by atoms with E-state index in [2.05, 4.69) is 0 Å². The molecule has 0 saturated heterocycles. The average molecular weight is 180 g/mol. The molecule has 0 spiro atoms. The van der Waals surface area contributed by atoms with Crippen LogP contribution in [0.3, 0.4) is 0 Å². The van der Waals surface area contributed by atoms with Crippen LogP contribution < -0.4 is 4.74 Å². The molecule has 72 valence electrons. The highest BCUT2D eigenvalue weighted by Crippen LogP contribution is 2.29. The largest absolute Gasteiger partial charge is 0.496 e. The molecule has 1 aromatic carbocycles. The number of para-hydroxylation sites is 1. The Hall–Kier alpha value is -1.02. The Morgan fingerprint density at radius 3 is 2.69 bits per heavy atom. The van der Waals surface area contributed by atoms with E-state index in [1.165, 1.54) is 0 Å². The summed E-state index contributed by atoms with van der Waals surface area (Å²) in [5.41, 5.74) is 2.19. The fourth-order valence-electron chi connectivity index (χ4n) is 1.44. The van der Waals surface area contributed by atoms with Crippen LogP contribution in [0.4, 0.5) is 0 Å². The van der Waals surface area contributed by atoms with Gasteiger partial charge in [0.1, 0.15) is 5.75 Å². The van der Waals surface area contributed by atoms with Crippen molar-refractivity contribution in [3.63, 3.8) is 0 Å². The fourth-order valence-corrected chi connectivity index (χ4v) is 1.44. The maximum absolute atomic E-state index is 9.04. The van der Waals surface area contributed by atoms with Crippen molar-refractivity contribution >= 4 is 0 Å². The lowest BCUT2D eigenvalue weighted by Gasteiger charge is -2.15. The van der Waals surface area contributed by atoms with Crippen molar-refractivity contribution in [1.82, 2.24) is 0 Å². The van der Waals surface area contributed by atoms with E-state index in [1.54, 1.807) is 7.11 Å². The van der Waals surface area contributed by atoms with Gasteiger partial charge in [0.2, 0.25) is 0 Å². The number of ether oxygens (including phenoxy) is 1. The van der Waals surface area contributed by atoms with Crippen LogP contribution >= 0.6 is 0 Å². The van der Waals surface area contributed by atoms with Gasteiger partial charge in [-0.2, -0.15) is 0 Å². The Morgan fingerprint density at radius 2 is 2.15 bits per heavy atom. The van der Waals surface area contributed by atoms with Crippen molar-refractivity contribution in [2.75, 3.05) is 13.7 Å². The predicted molar refractivity (Wildman–Crippen MR) is 53.2 cm³/mol. The first kappa shape index (κ1) is 10.1. The van der Waals surface area contributed by atoms with E-state index in [4.69, 9.17) is 9.84 Å². The second kappa shape index (κ2) is 4.28. The number of benzene rings is 1. The highest BCUT2D eigenvalue weighted by Gasteiger charge is 2.11. The molecule has 0 amide bonds. The van der Waals surface area contributed by atoms with Gasteiger partial charge in [-0.15, -0.1) is 0 Å². The zero-order chi connectivity index (χ0) is 9.84. The number of rotatable bonds is 3. The van der Waals surface area contributed by atoms with E-state index in [0.29, 0.717) is 0 Å². The quantitative estimate of drug-likeness (QED) is 0.771. The minimum absolute atomic E-state index is 0.134. The van der Waals surface area contributed by atoms with E-state index in [-0.39, 0.29) is 12.5 Å². The number of hydrogen-bond acceptors (Lipinski definition) is 2. The van der Waals surface area contributed by atoms with Gasteiger partial charge in [-0.3, -0.25) is 0 Å². The van der Waals surface area contributed by atoms with Crippen LogP contribution in [0.25, 0.3) is 0 Å². The number of aliphatic hydroxyl groups excluding tert-OH is 1. The first-order valence-corrected chi connectivity index (χ1v) is 4.45. The van der Waals surface area contributed by atoms with E-state index in [9.17, 15) is 0 Å². The molecule has 1 N–H and O–H groups in total. The van der Waals surface area contributed by atoms with Crippen molar-refractivity contribution < 1.29 is 9.84 Å². The van der Waals surface area contributed by atoms with Crippen LogP contribution in [0, 0.1) is 6.92 Å². The summed E-state index contributed by atoms with van der Waals surface area (Å²) in [5, 5.41) is 9.04. The molecular weight excluding hydrogens is 164 g/mol. The zero-order valence-electron chi connectivity index (χ0n) is 8.37. The van der Waals surface area contributed by atoms with Gasteiger partial charge >= 0.3 is 0 Å². The summed E-state index contributed by atoms with van der Waals surface area (Å²) in [6, 6.07) is 5.98. The Bertz CT molecular complexity index is 281. The molecule has 1 rings (SSSR count). The van der Waals surface area contributed by atoms with Gasteiger partial charge in [0, 0.05) is 12.5 Å². The summed E-state index contributed by atoms with van der Waals surface area (Å²) in [6.45, 7) is 4.14. The fraction of sp³-hybridized carbons (Fsp3) is 0.455. The molecule has 0 aliphatic carbocycles. The molecule has 1 unspecified atom stereocenters. The van der Waals surface area contributed by atoms with Crippen LogP contribution in [0.1, 0.15) is 24.0 Å². The Balaban J connectivity index is 3.12. The molecule has 0 bridgehead atoms. The number of methoxy groups -OCH3 is 1. The molecule has 2 heteroatoms. The lowest BCUT2D eigenvalue weighted by Crippen LogP contribution is -2.02. The minimum Gasteiger partial charge on any atom is -0.496 e. The maximum atomic E-state index is 9.04. The SMILES string of the molecule is COc1c(C)cccc1C(C)CO. The number of aryl methyl sites for hydroxylation is 1. The highest BCUT2D eigenvalue weighted by atomic mass is 16.5. The molecular formula is C11H16O2. The first-order chi connectivity index (χ1) is 6.20. The molecule has 0 aliphatic rings. The lowest BCUT2D eigenvalue weighted by molar-refractivity contribution is 0.269. The van der Waals surface area contributed by atoms with E-state index >= 15 is 0 Å². The summed E-state index contributed by atoms with van der Waals surface area (Å²) in [5.74, 6) is 1.03. The molecule has 0 fully saturated rings. The highest BCUT2D eigenvalue weighted by molar-refractivity contribution is 5.42. The summed E-state index contributed by atoms with van der Waals surface area (Å²) >= 11 is 0. The molecule has 13 heavy (non-hydrogen) atoms. The van der Waals surface area contributed by atoms with Gasteiger partial charge in [-0.1, -0.05) is 25.1 Å². The predicted octanol–water partition coefficient (Wildman–Crippen LogP) is 2.10. The number of hydrogen-bond donors (Lipinski definition) is 1. The third-order valence-corrected chi connectivity index (χ3v) is 2.25. The molecule has 2 nitrogen and oxygen atoms in total. The van der Waals surface area contributed by atoms with Crippen LogP contribution in [-0.2, 0) is 0 Å². The lowest BCUT2D eigenvalue weighted by atomic mass is 9.99. The van der Waals surface area contributed by atoms with Gasteiger partial charge in [0.05, 0.1) is 7.11 Å². The molecule has 0 aromatic heterocycles. The summed E-state index contributed by atoms with van der Waals surface area (Å²) in [6.07, 6.45) is 0. The summed E-state index contributed by atoms with van der Waals surface area (Å²) < 4.78 is 5.29. The second-order valence-electron chi connectivity index (χ2n) is 3.28. The average Bonchev–Trinajstić information content (AvgIpc) is 2.16. The molecule has 0 aliphatic heterocycles. The van der Waals surface area contributed by atoms with Crippen molar-refractivity contribution in [2.45, 2.75) is 19.8 Å². The third-order valence-electron chi connectivity index (χ3n) is 2.25. The standard InChI is InChI=1S/C11H16O2/c1-8-5-4-6-10(9(2)7-12)11(8)13-3/h4-6,9,12H,7H2,1-3H3. The Kier molecular flexibility index (Phi) is 3.32. The first-order valence-electron chi connectivity index (χ1n) is 4.45. The zero-order valence-corrected chi connectivity index (χ0v) is 8.37. The Morgan fingerprint density at radius 1 is 1.46 bits per heavy atom. The third kappa shape index (κ3) is 2.01. The van der Waals surface area contributed by atoms with Crippen molar-refractivity contribution in [3.05, 3.63) is 29.3 Å². The van der Waals surface area contributed by atoms with Gasteiger partial charge < -0.3 is 9.84 Å². The molecule has 1 atom stereocenters. The normalized spacial score (nSPS) is 12.6. The minimum atomic E-state index is 0.134. The second-order valence-corrected chi connectivity index (χ2v) is 3.28. The molecule has 0 heterocycles. The summed E-state index contributed by atoms with van der Waals surface area (Å²) in [4.78, 5) is 0. The van der Waals surface area contributed by atoms with Gasteiger partial charge in [-0.05, 0) is 18.1 Å². The number of aliphatic hydroxyl groups is 1. The monoisotopic (exact) mass is 180 g/mol. The van der Waals surface area contributed by atoms with Crippen molar-refractivity contribution in [3.8, 4) is 5.75 Å². The molecule has 0 radical (unpaired) electrons. The summed E-state index contributed by atoms with van der Waals surface area (Å²) in [7, 11) is 1.66. The van der Waals surface area contributed by atoms with E-state index in [1.807, 2.05) is 32.0 Å². The van der Waals surface area contributed by atoms with Gasteiger partial charge in [0.25, 0.3) is 0 Å². The van der Waals surface area contributed by atoms with Crippen LogP contribution in [0.5, 0.6) is 5.75 Å². The molecule has 1 aromatic rings. The smallest absolute Gasteiger partial charge is 0.125 e. The molecule has 0 saturated carbocycles. The van der Waals surface area contributed by atoms with Crippen molar-refractivity contribution in [2.24, 2.45) is 0 Å². The van der Waals surface area contributed by atoms with E-state index in [0.717, 1.165) is 16.9 Å². The van der Waals surface area contributed by atoms with Gasteiger partial charge in [-0.25, -0.2) is 0 Å². The van der Waals surface area contributed by atoms with E-state index < -0.39 is 0 Å². The Labute approximate surface area is 79.2 Å².